The number of H-pyrrole nitrogens is 1. The lowest BCUT2D eigenvalue weighted by atomic mass is 9.86. The number of phenolic OH excluding ortho intramolecular Hbond substituents is 2. The number of hydrogen-bond acceptors (Lipinski definition) is 5. The second-order valence-corrected chi connectivity index (χ2v) is 8.49. The van der Waals surface area contributed by atoms with E-state index in [-0.39, 0.29) is 11.5 Å². The molecule has 30 heavy (non-hydrogen) atoms. The number of rotatable bonds is 13. The number of nitrogens with one attached hydrogen (secondary N) is 2. The van der Waals surface area contributed by atoms with E-state index in [0.29, 0.717) is 6.04 Å². The molecule has 0 saturated heterocycles. The van der Waals surface area contributed by atoms with Gasteiger partial charge in [0.1, 0.15) is 0 Å². The molecule has 2 aromatic rings. The highest BCUT2D eigenvalue weighted by atomic mass is 16.3. The van der Waals surface area contributed by atoms with Gasteiger partial charge in [-0.25, -0.2) is 4.98 Å². The molecule has 0 fully saturated rings. The van der Waals surface area contributed by atoms with Gasteiger partial charge < -0.3 is 25.4 Å². The molecule has 6 nitrogen and oxygen atoms in total. The van der Waals surface area contributed by atoms with E-state index in [2.05, 4.69) is 27.1 Å². The van der Waals surface area contributed by atoms with Crippen molar-refractivity contribution >= 4 is 0 Å². The highest BCUT2D eigenvalue weighted by Gasteiger charge is 2.26. The van der Waals surface area contributed by atoms with Gasteiger partial charge in [-0.05, 0) is 69.8 Å². The van der Waals surface area contributed by atoms with Crippen molar-refractivity contribution in [3.63, 3.8) is 0 Å². The predicted molar refractivity (Wildman–Crippen MR) is 121 cm³/mol. The first-order valence-electron chi connectivity index (χ1n) is 11.6. The van der Waals surface area contributed by atoms with Gasteiger partial charge in [0, 0.05) is 36.5 Å². The van der Waals surface area contributed by atoms with E-state index in [1.807, 2.05) is 12.3 Å². The number of aromatic amines is 1. The van der Waals surface area contributed by atoms with Crippen molar-refractivity contribution in [3.8, 4) is 11.5 Å². The van der Waals surface area contributed by atoms with Crippen LogP contribution in [0, 0.1) is 0 Å². The van der Waals surface area contributed by atoms with Crippen molar-refractivity contribution in [2.45, 2.75) is 70.8 Å². The van der Waals surface area contributed by atoms with E-state index in [0.717, 1.165) is 57.4 Å². The van der Waals surface area contributed by atoms with Gasteiger partial charge in [0.15, 0.2) is 11.5 Å². The first-order valence-corrected chi connectivity index (χ1v) is 11.6. The molecule has 0 radical (unpaired) electrons. The Balaban J connectivity index is 1.32. The molecule has 1 aromatic carbocycles. The van der Waals surface area contributed by atoms with Crippen molar-refractivity contribution in [1.29, 1.82) is 0 Å². The molecule has 6 heteroatoms. The summed E-state index contributed by atoms with van der Waals surface area (Å²) in [6.07, 6.45) is 13.7. The highest BCUT2D eigenvalue weighted by molar-refractivity contribution is 5.50. The quantitative estimate of drug-likeness (QED) is 0.296. The summed E-state index contributed by atoms with van der Waals surface area (Å²) in [5.41, 5.74) is 3.34. The zero-order valence-electron chi connectivity index (χ0n) is 18.4. The SMILES string of the molecule is CCCN(CCCCCCNCCc1cnc[nH]1)C1CCc2c(ccc(O)c2O)C1. The summed E-state index contributed by atoms with van der Waals surface area (Å²) >= 11 is 0. The maximum absolute atomic E-state index is 10.1. The molecule has 0 spiro atoms. The van der Waals surface area contributed by atoms with Crippen LogP contribution in [-0.2, 0) is 19.3 Å². The molecule has 1 aromatic heterocycles. The zero-order chi connectivity index (χ0) is 21.2. The van der Waals surface area contributed by atoms with Gasteiger partial charge in [-0.3, -0.25) is 0 Å². The van der Waals surface area contributed by atoms with Crippen LogP contribution < -0.4 is 5.32 Å². The molecule has 1 heterocycles. The van der Waals surface area contributed by atoms with E-state index >= 15 is 0 Å². The Morgan fingerprint density at radius 3 is 2.80 bits per heavy atom. The Morgan fingerprint density at radius 2 is 2.00 bits per heavy atom. The Hall–Kier alpha value is -2.05. The second kappa shape index (κ2) is 12.0. The minimum absolute atomic E-state index is 0.00779. The number of imidazole rings is 1. The fraction of sp³-hybridized carbons (Fsp3) is 0.625. The third-order valence-electron chi connectivity index (χ3n) is 6.24. The van der Waals surface area contributed by atoms with Gasteiger partial charge in [0.2, 0.25) is 0 Å². The van der Waals surface area contributed by atoms with Gasteiger partial charge in [-0.15, -0.1) is 0 Å². The van der Waals surface area contributed by atoms with Crippen LogP contribution in [0.5, 0.6) is 11.5 Å². The zero-order valence-corrected chi connectivity index (χ0v) is 18.4. The highest BCUT2D eigenvalue weighted by Crippen LogP contribution is 2.36. The molecule has 1 unspecified atom stereocenters. The summed E-state index contributed by atoms with van der Waals surface area (Å²) in [6.45, 7) is 6.64. The fourth-order valence-electron chi connectivity index (χ4n) is 4.57. The van der Waals surface area contributed by atoms with E-state index < -0.39 is 0 Å². The average Bonchev–Trinajstić information content (AvgIpc) is 3.28. The third kappa shape index (κ3) is 6.47. The predicted octanol–water partition coefficient (Wildman–Crippen LogP) is 3.78. The van der Waals surface area contributed by atoms with Gasteiger partial charge in [-0.2, -0.15) is 0 Å². The smallest absolute Gasteiger partial charge is 0.160 e. The molecule has 0 saturated carbocycles. The van der Waals surface area contributed by atoms with Crippen LogP contribution in [-0.4, -0.2) is 57.3 Å². The lowest BCUT2D eigenvalue weighted by Gasteiger charge is -2.35. The summed E-state index contributed by atoms with van der Waals surface area (Å²) in [7, 11) is 0. The summed E-state index contributed by atoms with van der Waals surface area (Å²) < 4.78 is 0. The Labute approximate surface area is 180 Å². The molecule has 4 N–H and O–H groups in total. The number of hydrogen-bond donors (Lipinski definition) is 4. The van der Waals surface area contributed by atoms with Crippen LogP contribution in [0.1, 0.15) is 62.3 Å². The number of fused-ring (bicyclic) bond motifs is 1. The Kier molecular flexibility index (Phi) is 9.02. The molecule has 1 aliphatic rings. The summed E-state index contributed by atoms with van der Waals surface area (Å²) in [5, 5.41) is 23.4. The van der Waals surface area contributed by atoms with Crippen LogP contribution in [0.3, 0.4) is 0 Å². The molecular weight excluding hydrogens is 376 g/mol. The number of unbranched alkanes of at least 4 members (excludes halogenated alkanes) is 3. The average molecular weight is 415 g/mol. The van der Waals surface area contributed by atoms with Crippen LogP contribution in [0.15, 0.2) is 24.7 Å². The van der Waals surface area contributed by atoms with Crippen molar-refractivity contribution in [2.24, 2.45) is 0 Å². The first kappa shape index (κ1) is 22.6. The first-order chi connectivity index (χ1) is 14.7. The summed E-state index contributed by atoms with van der Waals surface area (Å²) in [5.74, 6) is 0.0968. The van der Waals surface area contributed by atoms with Crippen molar-refractivity contribution in [2.75, 3.05) is 26.2 Å². The van der Waals surface area contributed by atoms with Crippen molar-refractivity contribution in [3.05, 3.63) is 41.5 Å². The van der Waals surface area contributed by atoms with Crippen LogP contribution in [0.25, 0.3) is 0 Å². The molecule has 1 aliphatic carbocycles. The van der Waals surface area contributed by atoms with Crippen LogP contribution >= 0.6 is 0 Å². The third-order valence-corrected chi connectivity index (χ3v) is 6.24. The van der Waals surface area contributed by atoms with Gasteiger partial charge in [0.25, 0.3) is 0 Å². The van der Waals surface area contributed by atoms with Crippen molar-refractivity contribution < 1.29 is 10.2 Å². The normalized spacial score (nSPS) is 16.1. The minimum atomic E-state index is 0.00779. The molecule has 0 bridgehead atoms. The fourth-order valence-corrected chi connectivity index (χ4v) is 4.57. The van der Waals surface area contributed by atoms with Crippen LogP contribution in [0.2, 0.25) is 0 Å². The topological polar surface area (TPSA) is 84.4 Å². The summed E-state index contributed by atoms with van der Waals surface area (Å²) in [6, 6.07) is 4.16. The van der Waals surface area contributed by atoms with E-state index in [1.165, 1.54) is 43.4 Å². The molecule has 3 rings (SSSR count). The molecule has 0 amide bonds. The molecular formula is C24H38N4O2. The Morgan fingerprint density at radius 1 is 1.13 bits per heavy atom. The number of phenols is 2. The minimum Gasteiger partial charge on any atom is -0.504 e. The number of aromatic nitrogens is 2. The maximum atomic E-state index is 10.1. The molecule has 0 aliphatic heterocycles. The van der Waals surface area contributed by atoms with E-state index in [9.17, 15) is 10.2 Å². The second-order valence-electron chi connectivity index (χ2n) is 8.49. The molecule has 166 valence electrons. The van der Waals surface area contributed by atoms with E-state index in [4.69, 9.17) is 0 Å². The van der Waals surface area contributed by atoms with Crippen LogP contribution in [0.4, 0.5) is 0 Å². The number of benzene rings is 1. The maximum Gasteiger partial charge on any atom is 0.160 e. The van der Waals surface area contributed by atoms with Gasteiger partial charge in [-0.1, -0.05) is 25.8 Å². The lowest BCUT2D eigenvalue weighted by molar-refractivity contribution is 0.175. The largest absolute Gasteiger partial charge is 0.504 e. The lowest BCUT2D eigenvalue weighted by Crippen LogP contribution is -2.40. The van der Waals surface area contributed by atoms with Crippen molar-refractivity contribution in [1.82, 2.24) is 20.2 Å². The number of aromatic hydroxyl groups is 2. The monoisotopic (exact) mass is 414 g/mol. The molecule has 1 atom stereocenters. The van der Waals surface area contributed by atoms with Gasteiger partial charge in [0.05, 0.1) is 6.33 Å². The number of nitrogens with zero attached hydrogens (tertiary/aromatic N) is 2. The Bertz CT molecular complexity index is 748. The summed E-state index contributed by atoms with van der Waals surface area (Å²) in [4.78, 5) is 9.83. The van der Waals surface area contributed by atoms with Gasteiger partial charge >= 0.3 is 0 Å². The van der Waals surface area contributed by atoms with E-state index in [1.54, 1.807) is 12.4 Å². The standard InChI is InChI=1S/C24H38N4O2/c1-2-14-28(21-8-9-22-19(16-21)7-10-23(29)24(22)30)15-6-4-3-5-12-25-13-11-20-17-26-18-27-20/h7,10,17-18,21,25,29-30H,2-6,8-9,11-16H2,1H3,(H,26,27).